The molecule has 1 aromatic carbocycles. The predicted octanol–water partition coefficient (Wildman–Crippen LogP) is 3.26. The van der Waals surface area contributed by atoms with Crippen LogP contribution in [0.5, 0.6) is 0 Å². The van der Waals surface area contributed by atoms with Crippen molar-refractivity contribution in [1.29, 1.82) is 0 Å². The fourth-order valence-corrected chi connectivity index (χ4v) is 2.00. The quantitative estimate of drug-likeness (QED) is 0.638. The van der Waals surface area contributed by atoms with Crippen LogP contribution in [0.2, 0.25) is 0 Å². The highest BCUT2D eigenvalue weighted by atomic mass is 16.3. The van der Waals surface area contributed by atoms with E-state index in [1.54, 1.807) is 6.26 Å². The van der Waals surface area contributed by atoms with Gasteiger partial charge in [-0.3, -0.25) is 4.79 Å². The molecular weight excluding hydrogens is 238 g/mol. The SMILES string of the molecule is Cc1ccc(C)c(C(=O)CCNCc2ccco2)c1. The zero-order valence-corrected chi connectivity index (χ0v) is 11.4. The number of Topliss-reactive ketones (excluding diaryl/α,β-unsaturated/α-hetero) is 1. The van der Waals surface area contributed by atoms with E-state index in [2.05, 4.69) is 5.32 Å². The van der Waals surface area contributed by atoms with Gasteiger partial charge in [-0.05, 0) is 37.6 Å². The number of furan rings is 1. The Kier molecular flexibility index (Phi) is 4.53. The van der Waals surface area contributed by atoms with Gasteiger partial charge in [-0.2, -0.15) is 0 Å². The Labute approximate surface area is 113 Å². The number of rotatable bonds is 6. The number of hydrogen-bond acceptors (Lipinski definition) is 3. The average molecular weight is 257 g/mol. The van der Waals surface area contributed by atoms with Gasteiger partial charge >= 0.3 is 0 Å². The Morgan fingerprint density at radius 2 is 2.11 bits per heavy atom. The zero-order valence-electron chi connectivity index (χ0n) is 11.4. The number of ketones is 1. The van der Waals surface area contributed by atoms with Crippen molar-refractivity contribution in [2.75, 3.05) is 6.54 Å². The molecule has 0 bridgehead atoms. The summed E-state index contributed by atoms with van der Waals surface area (Å²) in [6.07, 6.45) is 2.16. The highest BCUT2D eigenvalue weighted by Gasteiger charge is 2.08. The summed E-state index contributed by atoms with van der Waals surface area (Å²) in [7, 11) is 0. The van der Waals surface area contributed by atoms with Crippen molar-refractivity contribution in [3.8, 4) is 0 Å². The molecule has 0 radical (unpaired) electrons. The Hall–Kier alpha value is -1.87. The molecule has 0 saturated carbocycles. The van der Waals surface area contributed by atoms with E-state index in [-0.39, 0.29) is 5.78 Å². The highest BCUT2D eigenvalue weighted by Crippen LogP contribution is 2.12. The summed E-state index contributed by atoms with van der Waals surface area (Å²) in [5, 5.41) is 3.21. The summed E-state index contributed by atoms with van der Waals surface area (Å²) >= 11 is 0. The lowest BCUT2D eigenvalue weighted by molar-refractivity contribution is 0.0981. The molecule has 0 spiro atoms. The van der Waals surface area contributed by atoms with Crippen LogP contribution >= 0.6 is 0 Å². The van der Waals surface area contributed by atoms with Gasteiger partial charge in [0.1, 0.15) is 5.76 Å². The molecule has 0 aliphatic carbocycles. The maximum absolute atomic E-state index is 12.1. The van der Waals surface area contributed by atoms with Crippen LogP contribution in [0.3, 0.4) is 0 Å². The lowest BCUT2D eigenvalue weighted by Crippen LogP contribution is -2.18. The summed E-state index contributed by atoms with van der Waals surface area (Å²) in [5.41, 5.74) is 3.00. The van der Waals surface area contributed by atoms with Crippen molar-refractivity contribution in [1.82, 2.24) is 5.32 Å². The van der Waals surface area contributed by atoms with E-state index in [9.17, 15) is 4.79 Å². The molecule has 1 aromatic heterocycles. The zero-order chi connectivity index (χ0) is 13.7. The summed E-state index contributed by atoms with van der Waals surface area (Å²) < 4.78 is 5.21. The second-order valence-corrected chi connectivity index (χ2v) is 4.75. The van der Waals surface area contributed by atoms with Crippen molar-refractivity contribution in [3.63, 3.8) is 0 Å². The first-order valence-electron chi connectivity index (χ1n) is 6.50. The maximum atomic E-state index is 12.1. The standard InChI is InChI=1S/C16H19NO2/c1-12-5-6-13(2)15(10-12)16(18)7-8-17-11-14-4-3-9-19-14/h3-6,9-10,17H,7-8,11H2,1-2H3. The number of carbonyl (C=O) groups excluding carboxylic acids is 1. The molecule has 0 atom stereocenters. The van der Waals surface area contributed by atoms with Crippen molar-refractivity contribution in [2.24, 2.45) is 0 Å². The Bertz CT molecular complexity index is 544. The molecule has 2 rings (SSSR count). The van der Waals surface area contributed by atoms with E-state index < -0.39 is 0 Å². The molecule has 3 nitrogen and oxygen atoms in total. The van der Waals surface area contributed by atoms with Gasteiger partial charge in [0, 0.05) is 18.5 Å². The van der Waals surface area contributed by atoms with Gasteiger partial charge in [0.2, 0.25) is 0 Å². The maximum Gasteiger partial charge on any atom is 0.164 e. The summed E-state index contributed by atoms with van der Waals surface area (Å²) in [4.78, 5) is 12.1. The number of aryl methyl sites for hydroxylation is 2. The topological polar surface area (TPSA) is 42.2 Å². The van der Waals surface area contributed by atoms with Crippen LogP contribution in [0.4, 0.5) is 0 Å². The van der Waals surface area contributed by atoms with Crippen LogP contribution < -0.4 is 5.32 Å². The lowest BCUT2D eigenvalue weighted by atomic mass is 10.0. The second-order valence-electron chi connectivity index (χ2n) is 4.75. The van der Waals surface area contributed by atoms with Crippen LogP contribution in [0.15, 0.2) is 41.0 Å². The fraction of sp³-hybridized carbons (Fsp3) is 0.312. The molecule has 3 heteroatoms. The Morgan fingerprint density at radius 3 is 2.84 bits per heavy atom. The second kappa shape index (κ2) is 6.34. The average Bonchev–Trinajstić information content (AvgIpc) is 2.90. The van der Waals surface area contributed by atoms with Gasteiger partial charge in [-0.25, -0.2) is 0 Å². The van der Waals surface area contributed by atoms with Crippen molar-refractivity contribution >= 4 is 5.78 Å². The number of nitrogens with one attached hydrogen (secondary N) is 1. The van der Waals surface area contributed by atoms with E-state index in [1.165, 1.54) is 0 Å². The molecule has 0 unspecified atom stereocenters. The molecule has 1 N–H and O–H groups in total. The third kappa shape index (κ3) is 3.80. The minimum atomic E-state index is 0.188. The number of benzene rings is 1. The minimum absolute atomic E-state index is 0.188. The molecule has 0 amide bonds. The summed E-state index contributed by atoms with van der Waals surface area (Å²) in [5.74, 6) is 1.08. The van der Waals surface area contributed by atoms with Gasteiger partial charge < -0.3 is 9.73 Å². The largest absolute Gasteiger partial charge is 0.468 e. The van der Waals surface area contributed by atoms with Crippen molar-refractivity contribution in [3.05, 3.63) is 59.0 Å². The van der Waals surface area contributed by atoms with Crippen LogP contribution in [-0.4, -0.2) is 12.3 Å². The predicted molar refractivity (Wildman–Crippen MR) is 75.3 cm³/mol. The van der Waals surface area contributed by atoms with Crippen LogP contribution in [-0.2, 0) is 6.54 Å². The van der Waals surface area contributed by atoms with Gasteiger partial charge in [0.15, 0.2) is 5.78 Å². The molecule has 0 fully saturated rings. The van der Waals surface area contributed by atoms with Gasteiger partial charge in [0.05, 0.1) is 12.8 Å². The smallest absolute Gasteiger partial charge is 0.164 e. The third-order valence-electron chi connectivity index (χ3n) is 3.10. The number of carbonyl (C=O) groups is 1. The lowest BCUT2D eigenvalue weighted by Gasteiger charge is -2.07. The first-order chi connectivity index (χ1) is 9.16. The third-order valence-corrected chi connectivity index (χ3v) is 3.10. The first kappa shape index (κ1) is 13.6. The fourth-order valence-electron chi connectivity index (χ4n) is 2.00. The Morgan fingerprint density at radius 1 is 1.26 bits per heavy atom. The number of hydrogen-bond donors (Lipinski definition) is 1. The van der Waals surface area contributed by atoms with E-state index in [1.807, 2.05) is 44.2 Å². The molecule has 0 aliphatic heterocycles. The molecular formula is C16H19NO2. The van der Waals surface area contributed by atoms with Crippen molar-refractivity contribution in [2.45, 2.75) is 26.8 Å². The minimum Gasteiger partial charge on any atom is -0.468 e. The van der Waals surface area contributed by atoms with Crippen LogP contribution in [0.1, 0.15) is 33.7 Å². The van der Waals surface area contributed by atoms with Gasteiger partial charge in [-0.1, -0.05) is 17.7 Å². The first-order valence-corrected chi connectivity index (χ1v) is 6.50. The van der Waals surface area contributed by atoms with E-state index in [0.29, 0.717) is 19.5 Å². The van der Waals surface area contributed by atoms with E-state index in [4.69, 9.17) is 4.42 Å². The molecule has 1 heterocycles. The van der Waals surface area contributed by atoms with Crippen LogP contribution in [0, 0.1) is 13.8 Å². The molecule has 2 aromatic rings. The van der Waals surface area contributed by atoms with E-state index in [0.717, 1.165) is 22.5 Å². The molecule has 0 saturated heterocycles. The molecule has 100 valence electrons. The van der Waals surface area contributed by atoms with Crippen molar-refractivity contribution < 1.29 is 9.21 Å². The van der Waals surface area contributed by atoms with Gasteiger partial charge in [-0.15, -0.1) is 0 Å². The molecule has 19 heavy (non-hydrogen) atoms. The molecule has 0 aliphatic rings. The van der Waals surface area contributed by atoms with E-state index >= 15 is 0 Å². The normalized spacial score (nSPS) is 10.6. The summed E-state index contributed by atoms with van der Waals surface area (Å²) in [6.45, 7) is 5.30. The monoisotopic (exact) mass is 257 g/mol. The highest BCUT2D eigenvalue weighted by molar-refractivity contribution is 5.97. The summed E-state index contributed by atoms with van der Waals surface area (Å²) in [6, 6.07) is 9.77. The Balaban J connectivity index is 1.82. The van der Waals surface area contributed by atoms with Crippen LogP contribution in [0.25, 0.3) is 0 Å². The van der Waals surface area contributed by atoms with Gasteiger partial charge in [0.25, 0.3) is 0 Å².